The van der Waals surface area contributed by atoms with E-state index in [1.54, 1.807) is 0 Å². The third kappa shape index (κ3) is 1.59. The Kier molecular flexibility index (Phi) is 2.92. The molecule has 16 heavy (non-hydrogen) atoms. The summed E-state index contributed by atoms with van der Waals surface area (Å²) in [6.45, 7) is 4.65. The summed E-state index contributed by atoms with van der Waals surface area (Å²) in [6.07, 6.45) is 0. The summed E-state index contributed by atoms with van der Waals surface area (Å²) >= 11 is 0. The fourth-order valence-corrected chi connectivity index (χ4v) is 2.00. The van der Waals surface area contributed by atoms with E-state index in [2.05, 4.69) is 20.9 Å². The molecule has 0 bridgehead atoms. The molecular formula is C11H14ClN3O. The predicted molar refractivity (Wildman–Crippen MR) is 66.6 cm³/mol. The number of imidazole rings is 1. The molecule has 0 saturated carbocycles. The first-order valence-corrected chi connectivity index (χ1v) is 5.25. The SMILES string of the molecule is CCOc1ccc2nc3n(c2c1)CCN3.Cl. The maximum Gasteiger partial charge on any atom is 0.204 e. The molecule has 4 nitrogen and oxygen atoms in total. The molecule has 86 valence electrons. The van der Waals surface area contributed by atoms with Crippen LogP contribution in [0, 0.1) is 0 Å². The largest absolute Gasteiger partial charge is 0.494 e. The van der Waals surface area contributed by atoms with Crippen molar-refractivity contribution < 1.29 is 4.74 Å². The number of hydrogen-bond acceptors (Lipinski definition) is 3. The molecule has 1 aromatic carbocycles. The number of aromatic nitrogens is 2. The maximum absolute atomic E-state index is 5.48. The molecule has 0 saturated heterocycles. The van der Waals surface area contributed by atoms with Gasteiger partial charge >= 0.3 is 0 Å². The second-order valence-corrected chi connectivity index (χ2v) is 3.60. The van der Waals surface area contributed by atoms with Crippen LogP contribution in [-0.4, -0.2) is 22.7 Å². The van der Waals surface area contributed by atoms with E-state index in [0.717, 1.165) is 35.8 Å². The van der Waals surface area contributed by atoms with Crippen molar-refractivity contribution in [2.75, 3.05) is 18.5 Å². The van der Waals surface area contributed by atoms with E-state index in [9.17, 15) is 0 Å². The Morgan fingerprint density at radius 2 is 2.38 bits per heavy atom. The first kappa shape index (κ1) is 11.1. The number of nitrogens with zero attached hydrogens (tertiary/aromatic N) is 2. The fraction of sp³-hybridized carbons (Fsp3) is 0.364. The van der Waals surface area contributed by atoms with Crippen LogP contribution in [0.15, 0.2) is 18.2 Å². The topological polar surface area (TPSA) is 39.1 Å². The highest BCUT2D eigenvalue weighted by Gasteiger charge is 2.15. The minimum atomic E-state index is 0. The van der Waals surface area contributed by atoms with Gasteiger partial charge in [-0.25, -0.2) is 4.98 Å². The number of fused-ring (bicyclic) bond motifs is 3. The smallest absolute Gasteiger partial charge is 0.204 e. The van der Waals surface area contributed by atoms with E-state index in [-0.39, 0.29) is 12.4 Å². The summed E-state index contributed by atoms with van der Waals surface area (Å²) in [5, 5.41) is 3.25. The van der Waals surface area contributed by atoms with Gasteiger partial charge in [0, 0.05) is 19.2 Å². The minimum absolute atomic E-state index is 0. The number of ether oxygens (including phenoxy) is 1. The highest BCUT2D eigenvalue weighted by Crippen LogP contribution is 2.26. The zero-order valence-electron chi connectivity index (χ0n) is 9.06. The molecule has 0 radical (unpaired) electrons. The van der Waals surface area contributed by atoms with Gasteiger partial charge in [0.15, 0.2) is 0 Å². The zero-order chi connectivity index (χ0) is 10.3. The van der Waals surface area contributed by atoms with Crippen LogP contribution in [0.2, 0.25) is 0 Å². The number of rotatable bonds is 2. The maximum atomic E-state index is 5.48. The number of halogens is 1. The average molecular weight is 240 g/mol. The minimum Gasteiger partial charge on any atom is -0.494 e. The lowest BCUT2D eigenvalue weighted by Gasteiger charge is -2.03. The second-order valence-electron chi connectivity index (χ2n) is 3.60. The number of nitrogens with one attached hydrogen (secondary N) is 1. The first-order valence-electron chi connectivity index (χ1n) is 5.25. The van der Waals surface area contributed by atoms with Crippen molar-refractivity contribution in [3.05, 3.63) is 18.2 Å². The summed E-state index contributed by atoms with van der Waals surface area (Å²) < 4.78 is 7.67. The van der Waals surface area contributed by atoms with E-state index in [1.165, 1.54) is 0 Å². The van der Waals surface area contributed by atoms with Gasteiger partial charge in [-0.2, -0.15) is 0 Å². The molecule has 1 N–H and O–H groups in total. The van der Waals surface area contributed by atoms with E-state index < -0.39 is 0 Å². The molecule has 0 amide bonds. The normalized spacial score (nSPS) is 13.1. The van der Waals surface area contributed by atoms with Crippen LogP contribution in [0.3, 0.4) is 0 Å². The van der Waals surface area contributed by atoms with Gasteiger partial charge in [-0.3, -0.25) is 0 Å². The molecule has 0 fully saturated rings. The van der Waals surface area contributed by atoms with Gasteiger partial charge in [0.25, 0.3) is 0 Å². The lowest BCUT2D eigenvalue weighted by atomic mass is 10.3. The van der Waals surface area contributed by atoms with Crippen LogP contribution >= 0.6 is 12.4 Å². The van der Waals surface area contributed by atoms with Crippen LogP contribution in [0.4, 0.5) is 5.95 Å². The van der Waals surface area contributed by atoms with Crippen molar-refractivity contribution in [3.8, 4) is 5.75 Å². The summed E-state index contributed by atoms with van der Waals surface area (Å²) in [7, 11) is 0. The summed E-state index contributed by atoms with van der Waals surface area (Å²) in [5.74, 6) is 1.89. The lowest BCUT2D eigenvalue weighted by Crippen LogP contribution is -1.96. The van der Waals surface area contributed by atoms with Gasteiger partial charge < -0.3 is 14.6 Å². The molecule has 2 aromatic rings. The summed E-state index contributed by atoms with van der Waals surface area (Å²) in [4.78, 5) is 4.49. The third-order valence-electron chi connectivity index (χ3n) is 2.65. The lowest BCUT2D eigenvalue weighted by molar-refractivity contribution is 0.340. The molecule has 2 heterocycles. The zero-order valence-corrected chi connectivity index (χ0v) is 9.88. The second kappa shape index (κ2) is 4.22. The van der Waals surface area contributed by atoms with Crippen molar-refractivity contribution in [1.82, 2.24) is 9.55 Å². The Morgan fingerprint density at radius 1 is 1.50 bits per heavy atom. The van der Waals surface area contributed by atoms with Gasteiger partial charge in [0.05, 0.1) is 17.6 Å². The van der Waals surface area contributed by atoms with E-state index in [0.29, 0.717) is 6.61 Å². The fourth-order valence-electron chi connectivity index (χ4n) is 2.00. The molecule has 1 aromatic heterocycles. The summed E-state index contributed by atoms with van der Waals surface area (Å²) in [6, 6.07) is 6.03. The number of hydrogen-bond donors (Lipinski definition) is 1. The van der Waals surface area contributed by atoms with Gasteiger partial charge in [0.2, 0.25) is 5.95 Å². The number of anilines is 1. The van der Waals surface area contributed by atoms with Gasteiger partial charge in [-0.15, -0.1) is 12.4 Å². The van der Waals surface area contributed by atoms with Crippen LogP contribution in [-0.2, 0) is 6.54 Å². The van der Waals surface area contributed by atoms with Crippen molar-refractivity contribution in [3.63, 3.8) is 0 Å². The number of benzene rings is 1. The van der Waals surface area contributed by atoms with Crippen LogP contribution < -0.4 is 10.1 Å². The summed E-state index contributed by atoms with van der Waals surface area (Å²) in [5.41, 5.74) is 2.18. The first-order chi connectivity index (χ1) is 7.38. The van der Waals surface area contributed by atoms with Crippen molar-refractivity contribution in [1.29, 1.82) is 0 Å². The highest BCUT2D eigenvalue weighted by atomic mass is 35.5. The van der Waals surface area contributed by atoms with Gasteiger partial charge in [-0.05, 0) is 19.1 Å². The molecule has 3 rings (SSSR count). The molecule has 0 unspecified atom stereocenters. The highest BCUT2D eigenvalue weighted by molar-refractivity contribution is 5.85. The Balaban J connectivity index is 0.000000963. The van der Waals surface area contributed by atoms with E-state index in [1.807, 2.05) is 19.1 Å². The molecule has 0 spiro atoms. The van der Waals surface area contributed by atoms with Crippen molar-refractivity contribution >= 4 is 29.4 Å². The molecule has 1 aliphatic heterocycles. The quantitative estimate of drug-likeness (QED) is 0.874. The molecule has 0 aliphatic carbocycles. The monoisotopic (exact) mass is 239 g/mol. The standard InChI is InChI=1S/C11H13N3O.ClH/c1-2-15-8-3-4-9-10(7-8)14-6-5-12-11(14)13-9;/h3-4,7H,2,5-6H2,1H3,(H,12,13);1H. The Bertz CT molecular complexity index is 509. The average Bonchev–Trinajstić information content (AvgIpc) is 2.78. The molecule has 1 aliphatic rings. The molecule has 0 atom stereocenters. The molecule has 5 heteroatoms. The Morgan fingerprint density at radius 3 is 3.19 bits per heavy atom. The van der Waals surface area contributed by atoms with E-state index in [4.69, 9.17) is 4.74 Å². The van der Waals surface area contributed by atoms with Crippen LogP contribution in [0.1, 0.15) is 6.92 Å². The van der Waals surface area contributed by atoms with Crippen LogP contribution in [0.5, 0.6) is 5.75 Å². The Hall–Kier alpha value is -1.42. The molecular weight excluding hydrogens is 226 g/mol. The van der Waals surface area contributed by atoms with Crippen LogP contribution in [0.25, 0.3) is 11.0 Å². The van der Waals surface area contributed by atoms with Crippen molar-refractivity contribution in [2.24, 2.45) is 0 Å². The Labute approximate surface area is 100 Å². The van der Waals surface area contributed by atoms with Crippen molar-refractivity contribution in [2.45, 2.75) is 13.5 Å². The predicted octanol–water partition coefficient (Wildman–Crippen LogP) is 2.28. The van der Waals surface area contributed by atoms with Gasteiger partial charge in [0.1, 0.15) is 5.75 Å². The van der Waals surface area contributed by atoms with Gasteiger partial charge in [-0.1, -0.05) is 0 Å². The third-order valence-corrected chi connectivity index (χ3v) is 2.65. The van der Waals surface area contributed by atoms with E-state index >= 15 is 0 Å².